The molecule has 4 aromatic rings. The lowest BCUT2D eigenvalue weighted by atomic mass is 9.86. The molecule has 4 aliphatic heterocycles. The predicted molar refractivity (Wildman–Crippen MR) is 243 cm³/mol. The molecular weight excluding hydrogens is 829 g/mol. The lowest BCUT2D eigenvalue weighted by Crippen LogP contribution is -2.54. The second-order valence-corrected chi connectivity index (χ2v) is 16.5. The summed E-state index contributed by atoms with van der Waals surface area (Å²) in [6.07, 6.45) is 5.18. The number of carbonyl (C=O) groups is 7. The molecule has 1 unspecified atom stereocenters. The predicted octanol–water partition coefficient (Wildman–Crippen LogP) is 4.82. The van der Waals surface area contributed by atoms with Crippen LogP contribution < -0.4 is 31.7 Å². The van der Waals surface area contributed by atoms with Crippen LogP contribution in [0, 0.1) is 5.92 Å². The van der Waals surface area contributed by atoms with Gasteiger partial charge in [0.15, 0.2) is 6.29 Å². The van der Waals surface area contributed by atoms with E-state index in [4.69, 9.17) is 10.5 Å². The van der Waals surface area contributed by atoms with E-state index in [-0.39, 0.29) is 48.4 Å². The first-order valence-electron chi connectivity index (χ1n) is 21.9. The number of likely N-dealkylation sites (tertiary alicyclic amines) is 1. The highest BCUT2D eigenvalue weighted by molar-refractivity contribution is 6.24. The van der Waals surface area contributed by atoms with Crippen LogP contribution in [0.25, 0.3) is 5.70 Å². The summed E-state index contributed by atoms with van der Waals surface area (Å²) in [6, 6.07) is 27.8. The summed E-state index contributed by atoms with van der Waals surface area (Å²) >= 11 is 0. The molecule has 16 nitrogen and oxygen atoms in total. The summed E-state index contributed by atoms with van der Waals surface area (Å²) < 4.78 is 5.89. The van der Waals surface area contributed by atoms with Crippen molar-refractivity contribution in [1.29, 1.82) is 0 Å². The molecule has 4 aliphatic rings. The molecule has 16 heteroatoms. The van der Waals surface area contributed by atoms with Gasteiger partial charge >= 0.3 is 0 Å². The Morgan fingerprint density at radius 3 is 2.26 bits per heavy atom. The van der Waals surface area contributed by atoms with E-state index in [9.17, 15) is 33.6 Å². The first-order valence-corrected chi connectivity index (χ1v) is 21.9. The number of ether oxygens (including phenoxy) is 1. The van der Waals surface area contributed by atoms with Gasteiger partial charge < -0.3 is 31.3 Å². The second kappa shape index (κ2) is 19.8. The van der Waals surface area contributed by atoms with Gasteiger partial charge in [0, 0.05) is 49.9 Å². The Kier molecular flexibility index (Phi) is 13.4. The van der Waals surface area contributed by atoms with E-state index in [0.29, 0.717) is 84.6 Å². The number of aryl methyl sites for hydroxylation is 1. The number of amides is 6. The fraction of sp³-hybridized carbons (Fsp3) is 0.306. The van der Waals surface area contributed by atoms with Crippen LogP contribution >= 0.6 is 0 Å². The Morgan fingerprint density at radius 2 is 1.54 bits per heavy atom. The highest BCUT2D eigenvalue weighted by Gasteiger charge is 2.44. The third-order valence-corrected chi connectivity index (χ3v) is 12.3. The number of para-hydroxylation sites is 1. The molecule has 6 amide bonds. The van der Waals surface area contributed by atoms with E-state index in [1.165, 1.54) is 12.1 Å². The van der Waals surface area contributed by atoms with Gasteiger partial charge in [-0.3, -0.25) is 48.8 Å². The number of benzene rings is 4. The molecule has 0 radical (unpaired) electrons. The molecule has 2 atom stereocenters. The molecule has 0 saturated carbocycles. The first kappa shape index (κ1) is 44.0. The number of aliphatic imine (C=N–C) groups is 1. The lowest BCUT2D eigenvalue weighted by Gasteiger charge is -2.38. The molecule has 0 aromatic heterocycles. The van der Waals surface area contributed by atoms with Crippen LogP contribution in [-0.4, -0.2) is 95.6 Å². The summed E-state index contributed by atoms with van der Waals surface area (Å²) in [6.45, 7) is 1.80. The van der Waals surface area contributed by atoms with Gasteiger partial charge in [-0.05, 0) is 122 Å². The number of anilines is 2. The number of fused-ring (bicyclic) bond motifs is 1. The van der Waals surface area contributed by atoms with Crippen LogP contribution in [0.3, 0.4) is 0 Å². The Hall–Kier alpha value is -7.62. The number of rotatable bonds is 15. The molecule has 6 N–H and O–H groups in total. The van der Waals surface area contributed by atoms with Crippen LogP contribution in [0.1, 0.15) is 76.8 Å². The maximum Gasteiger partial charge on any atom is 0.262 e. The van der Waals surface area contributed by atoms with Crippen molar-refractivity contribution in [2.24, 2.45) is 16.6 Å². The highest BCUT2D eigenvalue weighted by Crippen LogP contribution is 2.31. The topological polar surface area (TPSA) is 222 Å². The molecule has 65 heavy (non-hydrogen) atoms. The van der Waals surface area contributed by atoms with Gasteiger partial charge in [-0.1, -0.05) is 30.3 Å². The molecule has 8 rings (SSSR count). The van der Waals surface area contributed by atoms with Crippen molar-refractivity contribution < 1.29 is 38.3 Å². The van der Waals surface area contributed by atoms with Gasteiger partial charge in [-0.25, -0.2) is 0 Å². The highest BCUT2D eigenvalue weighted by atomic mass is 16.5. The average Bonchev–Trinajstić information content (AvgIpc) is 3.57. The molecule has 334 valence electrons. The molecular formula is C49H50N8O8. The molecule has 0 aliphatic carbocycles. The minimum Gasteiger partial charge on any atom is -0.457 e. The van der Waals surface area contributed by atoms with Crippen molar-refractivity contribution in [2.75, 3.05) is 36.8 Å². The number of hydrogen-bond donors (Lipinski definition) is 5. The monoisotopic (exact) mass is 878 g/mol. The maximum absolute atomic E-state index is 13.2. The van der Waals surface area contributed by atoms with E-state index < -0.39 is 29.7 Å². The summed E-state index contributed by atoms with van der Waals surface area (Å²) in [5.41, 5.74) is 10.2. The number of nitrogens with one attached hydrogen (secondary N) is 4. The summed E-state index contributed by atoms with van der Waals surface area (Å²) in [4.78, 5) is 95.8. The molecule has 0 bridgehead atoms. The maximum atomic E-state index is 13.2. The Morgan fingerprint density at radius 1 is 0.831 bits per heavy atom. The van der Waals surface area contributed by atoms with Crippen molar-refractivity contribution in [3.8, 4) is 11.5 Å². The van der Waals surface area contributed by atoms with E-state index in [2.05, 4.69) is 26.3 Å². The molecule has 4 aromatic carbocycles. The van der Waals surface area contributed by atoms with Crippen LogP contribution in [0.2, 0.25) is 0 Å². The number of imide groups is 2. The number of piperidine rings is 2. The fourth-order valence-electron chi connectivity index (χ4n) is 8.73. The molecule has 2 fully saturated rings. The van der Waals surface area contributed by atoms with E-state index in [1.807, 2.05) is 71.6 Å². The van der Waals surface area contributed by atoms with Crippen molar-refractivity contribution in [3.05, 3.63) is 125 Å². The minimum absolute atomic E-state index is 0.0309. The van der Waals surface area contributed by atoms with Crippen LogP contribution in [0.15, 0.2) is 108 Å². The van der Waals surface area contributed by atoms with Crippen molar-refractivity contribution >= 4 is 64.6 Å². The second-order valence-electron chi connectivity index (χ2n) is 16.5. The summed E-state index contributed by atoms with van der Waals surface area (Å²) in [5, 5.41) is 11.5. The quantitative estimate of drug-likeness (QED) is 0.0619. The number of nitrogens with zero attached hydrogens (tertiary/aromatic N) is 3. The van der Waals surface area contributed by atoms with Gasteiger partial charge in [0.05, 0.1) is 28.9 Å². The lowest BCUT2D eigenvalue weighted by molar-refractivity contribution is -0.136. The first-order chi connectivity index (χ1) is 31.5. The number of aldehydes is 1. The number of hydrogen-bond acceptors (Lipinski definition) is 12. The van der Waals surface area contributed by atoms with Gasteiger partial charge in [-0.2, -0.15) is 0 Å². The molecule has 4 heterocycles. The van der Waals surface area contributed by atoms with E-state index >= 15 is 0 Å². The standard InChI is InChI=1S/C49H50N8O8/c50-45(32-11-16-36(17-12-32)65-35-6-2-1-3-7-35)39(29-58)46-51-24-21-40(54-46)31-22-25-56(26-23-31)44(61)8-4-5-30-9-13-33(14-10-30)53-43(60)28-52-34-15-18-37-38(27-34)49(64)57(48(37)63)41-19-20-42(59)55-47(41)62/h1-3,6-7,9-18,27,29,31,40-41,52H,4-5,8,19-26,28,50H2,(H,51,54)(H,53,60)(H,55,59,62)/t40-,41?/m0/s1. The smallest absolute Gasteiger partial charge is 0.262 e. The minimum atomic E-state index is -1.06. The average molecular weight is 879 g/mol. The summed E-state index contributed by atoms with van der Waals surface area (Å²) in [5.74, 6) is -0.354. The number of carbonyl (C=O) groups excluding carboxylic acids is 7. The largest absolute Gasteiger partial charge is 0.457 e. The van der Waals surface area contributed by atoms with Crippen LogP contribution in [-0.2, 0) is 30.4 Å². The zero-order chi connectivity index (χ0) is 45.5. The van der Waals surface area contributed by atoms with Gasteiger partial charge in [0.1, 0.15) is 23.4 Å². The number of nitrogens with two attached hydrogens (primary N) is 1. The SMILES string of the molecule is NC(=C(C=O)C1=NCC[C@@H](C2CCN(C(=O)CCCc3ccc(NC(=O)CNc4ccc5c(c4)C(=O)N(C4CCC(=O)NC4=O)C5=O)cc3)CC2)N1)c1ccc(Oc2ccccc2)cc1. The fourth-order valence-corrected chi connectivity index (χ4v) is 8.73. The summed E-state index contributed by atoms with van der Waals surface area (Å²) in [7, 11) is 0. The number of amidine groups is 1. The molecule has 0 spiro atoms. The van der Waals surface area contributed by atoms with E-state index in [1.54, 1.807) is 18.2 Å². The Balaban J connectivity index is 0.743. The molecule has 2 saturated heterocycles. The zero-order valence-electron chi connectivity index (χ0n) is 35.7. The Bertz CT molecular complexity index is 2550. The van der Waals surface area contributed by atoms with Crippen molar-refractivity contribution in [1.82, 2.24) is 20.4 Å². The Labute approximate surface area is 375 Å². The van der Waals surface area contributed by atoms with E-state index in [0.717, 1.165) is 41.8 Å². The van der Waals surface area contributed by atoms with Gasteiger partial charge in [0.25, 0.3) is 11.8 Å². The zero-order valence-corrected chi connectivity index (χ0v) is 35.7. The van der Waals surface area contributed by atoms with Crippen LogP contribution in [0.5, 0.6) is 11.5 Å². The van der Waals surface area contributed by atoms with Gasteiger partial charge in [0.2, 0.25) is 23.6 Å². The van der Waals surface area contributed by atoms with Gasteiger partial charge in [-0.15, -0.1) is 0 Å². The normalized spacial score (nSPS) is 19.0. The van der Waals surface area contributed by atoms with Crippen molar-refractivity contribution in [3.63, 3.8) is 0 Å². The van der Waals surface area contributed by atoms with Crippen LogP contribution in [0.4, 0.5) is 11.4 Å². The third kappa shape index (κ3) is 10.3. The van der Waals surface area contributed by atoms with Crippen molar-refractivity contribution in [2.45, 2.75) is 63.5 Å². The third-order valence-electron chi connectivity index (χ3n) is 12.3.